The molecule has 0 saturated carbocycles. The van der Waals surface area contributed by atoms with Crippen molar-refractivity contribution in [3.63, 3.8) is 0 Å². The summed E-state index contributed by atoms with van der Waals surface area (Å²) in [7, 11) is -3.75. The molecule has 0 radical (unpaired) electrons. The molecule has 1 unspecified atom stereocenters. The van der Waals surface area contributed by atoms with E-state index in [0.717, 1.165) is 21.8 Å². The number of sulfonamides is 1. The monoisotopic (exact) mass is 399 g/mol. The second-order valence-electron chi connectivity index (χ2n) is 6.19. The average Bonchev–Trinajstić information content (AvgIpc) is 3.31. The molecule has 138 valence electrons. The van der Waals surface area contributed by atoms with Crippen LogP contribution >= 0.6 is 11.3 Å². The van der Waals surface area contributed by atoms with Gasteiger partial charge in [-0.05, 0) is 41.8 Å². The Balaban J connectivity index is 1.77. The molecule has 0 bridgehead atoms. The maximum absolute atomic E-state index is 11.5. The molecular formula is C19H17N3O3S2. The Bertz CT molecular complexity index is 1090. The molecule has 4 rings (SSSR count). The van der Waals surface area contributed by atoms with Crippen LogP contribution in [0.25, 0.3) is 0 Å². The van der Waals surface area contributed by atoms with Crippen LogP contribution in [0.3, 0.4) is 0 Å². The summed E-state index contributed by atoms with van der Waals surface area (Å²) in [5.41, 5.74) is 2.42. The van der Waals surface area contributed by atoms with Crippen molar-refractivity contribution < 1.29 is 13.5 Å². The third-order valence-corrected chi connectivity index (χ3v) is 6.29. The number of rotatable bonds is 4. The van der Waals surface area contributed by atoms with Gasteiger partial charge in [0.2, 0.25) is 10.0 Å². The Morgan fingerprint density at radius 1 is 1.07 bits per heavy atom. The number of phenolic OH excluding ortho intramolecular Hbond substituents is 1. The third-order valence-electron chi connectivity index (χ3n) is 4.44. The molecule has 1 aliphatic heterocycles. The lowest BCUT2D eigenvalue weighted by Gasteiger charge is -2.24. The van der Waals surface area contributed by atoms with E-state index in [2.05, 4.69) is 0 Å². The number of hydrogen-bond acceptors (Lipinski definition) is 6. The van der Waals surface area contributed by atoms with Crippen molar-refractivity contribution in [2.24, 2.45) is 10.2 Å². The average molecular weight is 399 g/mol. The molecule has 6 nitrogen and oxygen atoms in total. The van der Waals surface area contributed by atoms with E-state index in [1.807, 2.05) is 34.7 Å². The van der Waals surface area contributed by atoms with Crippen LogP contribution < -0.4 is 10.1 Å². The molecule has 8 heteroatoms. The number of phenols is 1. The van der Waals surface area contributed by atoms with Crippen molar-refractivity contribution in [2.45, 2.75) is 17.4 Å². The SMILES string of the molecule is NS(=O)(=O)c1ccc(N2N=C(c3cccs3)CC2c2ccccc2O)cc1. The highest BCUT2D eigenvalue weighted by atomic mass is 32.2. The first kappa shape index (κ1) is 17.7. The highest BCUT2D eigenvalue weighted by Gasteiger charge is 2.32. The fourth-order valence-electron chi connectivity index (χ4n) is 3.14. The summed E-state index contributed by atoms with van der Waals surface area (Å²) in [4.78, 5) is 1.12. The first-order valence-electron chi connectivity index (χ1n) is 8.25. The summed E-state index contributed by atoms with van der Waals surface area (Å²) >= 11 is 1.61. The maximum Gasteiger partial charge on any atom is 0.238 e. The topological polar surface area (TPSA) is 96.0 Å². The van der Waals surface area contributed by atoms with Crippen molar-refractivity contribution in [2.75, 3.05) is 5.01 Å². The number of nitrogens with zero attached hydrogens (tertiary/aromatic N) is 2. The van der Waals surface area contributed by atoms with E-state index in [9.17, 15) is 13.5 Å². The van der Waals surface area contributed by atoms with Gasteiger partial charge in [-0.3, -0.25) is 5.01 Å². The van der Waals surface area contributed by atoms with Crippen LogP contribution in [0, 0.1) is 0 Å². The molecule has 1 aliphatic rings. The molecule has 0 saturated heterocycles. The Kier molecular flexibility index (Phi) is 4.47. The smallest absolute Gasteiger partial charge is 0.238 e. The normalized spacial score (nSPS) is 17.1. The van der Waals surface area contributed by atoms with E-state index in [-0.39, 0.29) is 16.7 Å². The van der Waals surface area contributed by atoms with Gasteiger partial charge in [0.1, 0.15) is 5.75 Å². The predicted octanol–water partition coefficient (Wildman–Crippen LogP) is 3.46. The number of benzene rings is 2. The zero-order chi connectivity index (χ0) is 19.0. The first-order chi connectivity index (χ1) is 12.9. The Labute approximate surface area is 161 Å². The summed E-state index contributed by atoms with van der Waals surface area (Å²) in [6.45, 7) is 0. The molecule has 0 amide bonds. The number of hydrazone groups is 1. The Morgan fingerprint density at radius 2 is 1.81 bits per heavy atom. The molecule has 0 fully saturated rings. The van der Waals surface area contributed by atoms with E-state index in [0.29, 0.717) is 6.42 Å². The lowest BCUT2D eigenvalue weighted by atomic mass is 10.00. The van der Waals surface area contributed by atoms with E-state index >= 15 is 0 Å². The van der Waals surface area contributed by atoms with Gasteiger partial charge in [0.25, 0.3) is 0 Å². The second-order valence-corrected chi connectivity index (χ2v) is 8.70. The zero-order valence-electron chi connectivity index (χ0n) is 14.2. The summed E-state index contributed by atoms with van der Waals surface area (Å²) in [6, 6.07) is 17.3. The van der Waals surface area contributed by atoms with Crippen LogP contribution in [0.4, 0.5) is 5.69 Å². The van der Waals surface area contributed by atoms with E-state index in [4.69, 9.17) is 10.2 Å². The number of hydrogen-bond donors (Lipinski definition) is 2. The minimum atomic E-state index is -3.75. The minimum absolute atomic E-state index is 0.0482. The van der Waals surface area contributed by atoms with Crippen LogP contribution in [-0.2, 0) is 10.0 Å². The molecule has 3 aromatic rings. The van der Waals surface area contributed by atoms with Crippen LogP contribution in [-0.4, -0.2) is 19.2 Å². The molecular weight excluding hydrogens is 382 g/mol. The standard InChI is InChI=1S/C19H17N3O3S2/c20-27(24,25)14-9-7-13(8-10-14)22-17(15-4-1-2-5-18(15)23)12-16(21-22)19-6-3-11-26-19/h1-11,17,23H,12H2,(H2,20,24,25). The lowest BCUT2D eigenvalue weighted by Crippen LogP contribution is -2.19. The number of primary sulfonamides is 1. The van der Waals surface area contributed by atoms with Gasteiger partial charge < -0.3 is 5.11 Å². The molecule has 0 aliphatic carbocycles. The van der Waals surface area contributed by atoms with Crippen LogP contribution in [0.2, 0.25) is 0 Å². The molecule has 0 spiro atoms. The van der Waals surface area contributed by atoms with Gasteiger partial charge in [0.15, 0.2) is 0 Å². The van der Waals surface area contributed by atoms with Crippen LogP contribution in [0.5, 0.6) is 5.75 Å². The van der Waals surface area contributed by atoms with Gasteiger partial charge in [0, 0.05) is 12.0 Å². The molecule has 1 aromatic heterocycles. The molecule has 1 atom stereocenters. The quantitative estimate of drug-likeness (QED) is 0.702. The van der Waals surface area contributed by atoms with Gasteiger partial charge in [0.05, 0.1) is 27.2 Å². The second kappa shape index (κ2) is 6.80. The summed E-state index contributed by atoms with van der Waals surface area (Å²) in [6.07, 6.45) is 0.634. The molecule has 2 aromatic carbocycles. The van der Waals surface area contributed by atoms with Gasteiger partial charge in [-0.25, -0.2) is 13.6 Å². The summed E-state index contributed by atoms with van der Waals surface area (Å²) < 4.78 is 23.0. The predicted molar refractivity (Wildman–Crippen MR) is 107 cm³/mol. The first-order valence-corrected chi connectivity index (χ1v) is 10.7. The van der Waals surface area contributed by atoms with Crippen molar-refractivity contribution in [1.82, 2.24) is 0 Å². The number of para-hydroxylation sites is 1. The molecule has 3 N–H and O–H groups in total. The Morgan fingerprint density at radius 3 is 2.44 bits per heavy atom. The molecule has 27 heavy (non-hydrogen) atoms. The summed E-state index contributed by atoms with van der Waals surface area (Å²) in [5, 5.41) is 24.1. The fraction of sp³-hybridized carbons (Fsp3) is 0.105. The summed E-state index contributed by atoms with van der Waals surface area (Å²) in [5.74, 6) is 0.205. The van der Waals surface area contributed by atoms with Gasteiger partial charge in [-0.1, -0.05) is 24.3 Å². The lowest BCUT2D eigenvalue weighted by molar-refractivity contribution is 0.461. The maximum atomic E-state index is 11.5. The van der Waals surface area contributed by atoms with Crippen molar-refractivity contribution in [1.29, 1.82) is 0 Å². The number of thiophene rings is 1. The highest BCUT2D eigenvalue weighted by molar-refractivity contribution is 7.89. The van der Waals surface area contributed by atoms with Crippen molar-refractivity contribution >= 4 is 32.8 Å². The molecule has 2 heterocycles. The van der Waals surface area contributed by atoms with Gasteiger partial charge >= 0.3 is 0 Å². The zero-order valence-corrected chi connectivity index (χ0v) is 15.8. The number of aromatic hydroxyl groups is 1. The van der Waals surface area contributed by atoms with Crippen molar-refractivity contribution in [3.8, 4) is 5.75 Å². The van der Waals surface area contributed by atoms with Gasteiger partial charge in [-0.15, -0.1) is 11.3 Å². The number of anilines is 1. The fourth-order valence-corrected chi connectivity index (χ4v) is 4.38. The van der Waals surface area contributed by atoms with E-state index in [1.165, 1.54) is 12.1 Å². The highest BCUT2D eigenvalue weighted by Crippen LogP contribution is 2.40. The third kappa shape index (κ3) is 3.46. The number of nitrogens with two attached hydrogens (primary N) is 1. The largest absolute Gasteiger partial charge is 0.508 e. The van der Waals surface area contributed by atoms with E-state index < -0.39 is 10.0 Å². The van der Waals surface area contributed by atoms with Crippen molar-refractivity contribution in [3.05, 3.63) is 76.5 Å². The Hall–Kier alpha value is -2.68. The van der Waals surface area contributed by atoms with Crippen LogP contribution in [0.1, 0.15) is 22.9 Å². The van der Waals surface area contributed by atoms with Crippen LogP contribution in [0.15, 0.2) is 76.0 Å². The minimum Gasteiger partial charge on any atom is -0.508 e. The van der Waals surface area contributed by atoms with Gasteiger partial charge in [-0.2, -0.15) is 5.10 Å². The van der Waals surface area contributed by atoms with E-state index in [1.54, 1.807) is 35.6 Å².